The molecule has 3 heteroatoms. The predicted molar refractivity (Wildman–Crippen MR) is 87.4 cm³/mol. The first kappa shape index (κ1) is 16.8. The molecule has 0 spiro atoms. The molecule has 1 saturated heterocycles. The quantitative estimate of drug-likeness (QED) is 0.798. The Morgan fingerprint density at radius 3 is 2.38 bits per heavy atom. The van der Waals surface area contributed by atoms with Crippen molar-refractivity contribution in [2.75, 3.05) is 33.2 Å². The van der Waals surface area contributed by atoms with Crippen molar-refractivity contribution in [3.05, 3.63) is 0 Å². The van der Waals surface area contributed by atoms with E-state index in [-0.39, 0.29) is 0 Å². The minimum Gasteiger partial charge on any atom is -0.346 e. The van der Waals surface area contributed by atoms with Gasteiger partial charge in [-0.1, -0.05) is 32.6 Å². The lowest BCUT2D eigenvalue weighted by Gasteiger charge is -2.33. The standard InChI is InChI=1S/C18H34N2O/c1-3-4-12-19(2)18(21)17-10-13-20(14-11-17)15-16-8-6-5-7-9-16/h16-17H,3-15H2,1-2H3/p+1. The Morgan fingerprint density at radius 2 is 1.76 bits per heavy atom. The van der Waals surface area contributed by atoms with Gasteiger partial charge in [0.25, 0.3) is 0 Å². The normalized spacial score (nSPS) is 27.5. The average molecular weight is 295 g/mol. The highest BCUT2D eigenvalue weighted by Crippen LogP contribution is 2.22. The molecule has 2 fully saturated rings. The molecule has 0 unspecified atom stereocenters. The summed E-state index contributed by atoms with van der Waals surface area (Å²) in [6.07, 6.45) is 11.8. The van der Waals surface area contributed by atoms with E-state index >= 15 is 0 Å². The Hall–Kier alpha value is -0.570. The summed E-state index contributed by atoms with van der Waals surface area (Å²) < 4.78 is 0. The number of unbranched alkanes of at least 4 members (excludes halogenated alkanes) is 1. The Labute approximate surface area is 131 Å². The molecular weight excluding hydrogens is 260 g/mol. The smallest absolute Gasteiger partial charge is 0.225 e. The van der Waals surface area contributed by atoms with Gasteiger partial charge in [0.1, 0.15) is 0 Å². The van der Waals surface area contributed by atoms with Crippen molar-refractivity contribution in [2.24, 2.45) is 11.8 Å². The van der Waals surface area contributed by atoms with Crippen molar-refractivity contribution in [3.63, 3.8) is 0 Å². The van der Waals surface area contributed by atoms with Crippen LogP contribution in [0, 0.1) is 11.8 Å². The van der Waals surface area contributed by atoms with Gasteiger partial charge in [-0.3, -0.25) is 4.79 Å². The number of hydrogen-bond donors (Lipinski definition) is 1. The van der Waals surface area contributed by atoms with E-state index in [2.05, 4.69) is 6.92 Å². The number of rotatable bonds is 6. The van der Waals surface area contributed by atoms with Crippen molar-refractivity contribution in [1.29, 1.82) is 0 Å². The lowest BCUT2D eigenvalue weighted by atomic mass is 9.87. The number of carbonyl (C=O) groups excluding carboxylic acids is 1. The largest absolute Gasteiger partial charge is 0.346 e. The van der Waals surface area contributed by atoms with Gasteiger partial charge in [0.2, 0.25) is 5.91 Å². The third-order valence-corrected chi connectivity index (χ3v) is 5.57. The van der Waals surface area contributed by atoms with Crippen LogP contribution in [0.15, 0.2) is 0 Å². The topological polar surface area (TPSA) is 24.8 Å². The van der Waals surface area contributed by atoms with Crippen LogP contribution in [0.2, 0.25) is 0 Å². The average Bonchev–Trinajstić information content (AvgIpc) is 2.53. The first-order chi connectivity index (χ1) is 10.2. The molecule has 1 amide bonds. The number of amides is 1. The van der Waals surface area contributed by atoms with Crippen LogP contribution in [0.5, 0.6) is 0 Å². The Morgan fingerprint density at radius 1 is 1.10 bits per heavy atom. The van der Waals surface area contributed by atoms with E-state index in [9.17, 15) is 4.79 Å². The number of nitrogens with zero attached hydrogens (tertiary/aromatic N) is 1. The number of quaternary nitrogens is 1. The fourth-order valence-electron chi connectivity index (χ4n) is 4.09. The minimum atomic E-state index is 0.307. The van der Waals surface area contributed by atoms with Crippen LogP contribution in [0.3, 0.4) is 0 Å². The van der Waals surface area contributed by atoms with E-state index in [1.54, 1.807) is 4.90 Å². The first-order valence-corrected chi connectivity index (χ1v) is 9.29. The van der Waals surface area contributed by atoms with Crippen molar-refractivity contribution >= 4 is 5.91 Å². The van der Waals surface area contributed by atoms with Gasteiger partial charge in [-0.05, 0) is 19.3 Å². The van der Waals surface area contributed by atoms with Crippen molar-refractivity contribution in [3.8, 4) is 0 Å². The number of carbonyl (C=O) groups is 1. The summed E-state index contributed by atoms with van der Waals surface area (Å²) in [6, 6.07) is 0. The number of likely N-dealkylation sites (tertiary alicyclic amines) is 1. The van der Waals surface area contributed by atoms with Gasteiger partial charge in [-0.25, -0.2) is 0 Å². The lowest BCUT2D eigenvalue weighted by molar-refractivity contribution is -0.909. The van der Waals surface area contributed by atoms with Crippen LogP contribution in [0.1, 0.15) is 64.7 Å². The van der Waals surface area contributed by atoms with Gasteiger partial charge >= 0.3 is 0 Å². The highest BCUT2D eigenvalue weighted by Gasteiger charge is 2.30. The summed E-state index contributed by atoms with van der Waals surface area (Å²) in [5.41, 5.74) is 0. The summed E-state index contributed by atoms with van der Waals surface area (Å²) in [4.78, 5) is 16.2. The van der Waals surface area contributed by atoms with Crippen molar-refractivity contribution in [1.82, 2.24) is 4.90 Å². The molecular formula is C18H35N2O+. The molecule has 1 heterocycles. The number of hydrogen-bond acceptors (Lipinski definition) is 1. The third-order valence-electron chi connectivity index (χ3n) is 5.57. The summed E-state index contributed by atoms with van der Waals surface area (Å²) in [6.45, 7) is 6.92. The Balaban J connectivity index is 1.68. The minimum absolute atomic E-state index is 0.307. The van der Waals surface area contributed by atoms with E-state index in [0.717, 1.165) is 31.7 Å². The van der Waals surface area contributed by atoms with E-state index in [4.69, 9.17) is 0 Å². The molecule has 0 aromatic carbocycles. The fourth-order valence-corrected chi connectivity index (χ4v) is 4.09. The predicted octanol–water partition coefficient (Wildman–Crippen LogP) is 2.12. The van der Waals surface area contributed by atoms with E-state index in [1.807, 2.05) is 11.9 Å². The third kappa shape index (κ3) is 5.28. The maximum absolute atomic E-state index is 12.4. The monoisotopic (exact) mass is 295 g/mol. The first-order valence-electron chi connectivity index (χ1n) is 9.29. The second kappa shape index (κ2) is 8.77. The number of piperidine rings is 1. The highest BCUT2D eigenvalue weighted by atomic mass is 16.2. The summed E-state index contributed by atoms with van der Waals surface area (Å²) in [7, 11) is 1.99. The zero-order valence-corrected chi connectivity index (χ0v) is 14.2. The molecule has 21 heavy (non-hydrogen) atoms. The van der Waals surface area contributed by atoms with Crippen LogP contribution >= 0.6 is 0 Å². The molecule has 1 aliphatic carbocycles. The maximum Gasteiger partial charge on any atom is 0.225 e. The molecule has 1 N–H and O–H groups in total. The molecule has 2 aliphatic rings. The second-order valence-electron chi connectivity index (χ2n) is 7.35. The van der Waals surface area contributed by atoms with Crippen LogP contribution < -0.4 is 4.90 Å². The van der Waals surface area contributed by atoms with Crippen LogP contribution in [0.4, 0.5) is 0 Å². The van der Waals surface area contributed by atoms with Crippen LogP contribution in [0.25, 0.3) is 0 Å². The Bertz CT molecular complexity index is 304. The van der Waals surface area contributed by atoms with Gasteiger partial charge < -0.3 is 9.80 Å². The van der Waals surface area contributed by atoms with Gasteiger partial charge in [0.15, 0.2) is 0 Å². The van der Waals surface area contributed by atoms with Gasteiger partial charge in [0, 0.05) is 38.3 Å². The maximum atomic E-state index is 12.4. The van der Waals surface area contributed by atoms with E-state index < -0.39 is 0 Å². The van der Waals surface area contributed by atoms with Gasteiger partial charge in [-0.2, -0.15) is 0 Å². The summed E-state index contributed by atoms with van der Waals surface area (Å²) in [5, 5.41) is 0. The Kier molecular flexibility index (Phi) is 7.01. The fraction of sp³-hybridized carbons (Fsp3) is 0.944. The molecule has 2 rings (SSSR count). The second-order valence-corrected chi connectivity index (χ2v) is 7.35. The van der Waals surface area contributed by atoms with Gasteiger partial charge in [0.05, 0.1) is 19.6 Å². The summed E-state index contributed by atoms with van der Waals surface area (Å²) >= 11 is 0. The molecule has 122 valence electrons. The van der Waals surface area contributed by atoms with Crippen LogP contribution in [-0.4, -0.2) is 44.0 Å². The zero-order valence-electron chi connectivity index (χ0n) is 14.2. The van der Waals surface area contributed by atoms with Crippen LogP contribution in [-0.2, 0) is 4.79 Å². The zero-order chi connectivity index (χ0) is 15.1. The molecule has 0 aromatic heterocycles. The van der Waals surface area contributed by atoms with Gasteiger partial charge in [-0.15, -0.1) is 0 Å². The molecule has 3 nitrogen and oxygen atoms in total. The van der Waals surface area contributed by atoms with Crippen molar-refractivity contribution in [2.45, 2.75) is 64.7 Å². The SMILES string of the molecule is CCCCN(C)C(=O)C1CC[NH+](CC2CCCCC2)CC1. The molecule has 0 aromatic rings. The molecule has 0 bridgehead atoms. The highest BCUT2D eigenvalue weighted by molar-refractivity contribution is 5.78. The van der Waals surface area contributed by atoms with E-state index in [1.165, 1.54) is 58.2 Å². The molecule has 1 saturated carbocycles. The molecule has 0 atom stereocenters. The molecule has 0 radical (unpaired) electrons. The lowest BCUT2D eigenvalue weighted by Crippen LogP contribution is -3.13. The van der Waals surface area contributed by atoms with Crippen molar-refractivity contribution < 1.29 is 9.69 Å². The summed E-state index contributed by atoms with van der Waals surface area (Å²) in [5.74, 6) is 1.68. The number of nitrogens with one attached hydrogen (secondary N) is 1. The van der Waals surface area contributed by atoms with E-state index in [0.29, 0.717) is 11.8 Å². The molecule has 1 aliphatic heterocycles.